The van der Waals surface area contributed by atoms with Crippen molar-refractivity contribution in [2.24, 2.45) is 0 Å². The normalized spacial score (nSPS) is 11.8. The number of thiazole rings is 1. The summed E-state index contributed by atoms with van der Waals surface area (Å²) in [5.41, 5.74) is 1.82. The van der Waals surface area contributed by atoms with E-state index in [1.807, 2.05) is 32.0 Å². The second-order valence-corrected chi connectivity index (χ2v) is 11.5. The predicted octanol–water partition coefficient (Wildman–Crippen LogP) is 4.93. The topological polar surface area (TPSA) is 79.8 Å². The van der Waals surface area contributed by atoms with E-state index in [0.717, 1.165) is 41.2 Å². The number of anilines is 1. The van der Waals surface area contributed by atoms with Crippen LogP contribution >= 0.6 is 11.3 Å². The van der Waals surface area contributed by atoms with Gasteiger partial charge in [0.15, 0.2) is 15.0 Å². The first kappa shape index (κ1) is 27.1. The summed E-state index contributed by atoms with van der Waals surface area (Å²) in [7, 11) is -3.43. The maximum absolute atomic E-state index is 13.3. The summed E-state index contributed by atoms with van der Waals surface area (Å²) in [5.74, 6) is 0.598. The minimum Gasteiger partial charge on any atom is -0.494 e. The molecule has 0 atom stereocenters. The molecule has 0 radical (unpaired) electrons. The van der Waals surface area contributed by atoms with Gasteiger partial charge in [0.05, 0.1) is 27.5 Å². The maximum Gasteiger partial charge on any atom is 0.228 e. The molecule has 0 spiro atoms. The molecule has 0 saturated heterocycles. The molecule has 2 aromatic carbocycles. The van der Waals surface area contributed by atoms with Crippen LogP contribution < -0.4 is 9.64 Å². The number of ether oxygens (including phenoxy) is 1. The van der Waals surface area contributed by atoms with Gasteiger partial charge in [0.2, 0.25) is 5.91 Å². The van der Waals surface area contributed by atoms with E-state index >= 15 is 0 Å². The van der Waals surface area contributed by atoms with Crippen molar-refractivity contribution < 1.29 is 17.9 Å². The minimum absolute atomic E-state index is 0.0662. The molecule has 0 N–H and O–H groups in total. The standard InChI is InChI=1S/C26H35N3O4S2/c1-5-28(6-2)16-17-29(26-27-23-15-12-21(33-7-3)19-24(23)34-26)25(30)9-8-18-35(31,32)22-13-10-20(4)11-14-22/h10-15,19H,5-9,16-18H2,1-4H3. The Morgan fingerprint density at radius 2 is 1.74 bits per heavy atom. The van der Waals surface area contributed by atoms with E-state index in [9.17, 15) is 13.2 Å². The van der Waals surface area contributed by atoms with Gasteiger partial charge < -0.3 is 9.64 Å². The number of sulfone groups is 1. The first-order valence-electron chi connectivity index (χ1n) is 12.1. The summed E-state index contributed by atoms with van der Waals surface area (Å²) in [6.07, 6.45) is 0.402. The monoisotopic (exact) mass is 517 g/mol. The molecule has 7 nitrogen and oxygen atoms in total. The highest BCUT2D eigenvalue weighted by molar-refractivity contribution is 7.91. The number of hydrogen-bond donors (Lipinski definition) is 0. The lowest BCUT2D eigenvalue weighted by molar-refractivity contribution is -0.118. The largest absolute Gasteiger partial charge is 0.494 e. The first-order valence-corrected chi connectivity index (χ1v) is 14.6. The van der Waals surface area contributed by atoms with Gasteiger partial charge in [-0.05, 0) is 63.7 Å². The molecule has 9 heteroatoms. The maximum atomic E-state index is 13.3. The van der Waals surface area contributed by atoms with E-state index in [1.54, 1.807) is 29.2 Å². The number of carbonyl (C=O) groups excluding carboxylic acids is 1. The number of fused-ring (bicyclic) bond motifs is 1. The van der Waals surface area contributed by atoms with Crippen LogP contribution in [-0.4, -0.2) is 62.7 Å². The molecule has 3 rings (SSSR count). The predicted molar refractivity (Wildman–Crippen MR) is 143 cm³/mol. The van der Waals surface area contributed by atoms with Gasteiger partial charge in [-0.3, -0.25) is 9.69 Å². The summed E-state index contributed by atoms with van der Waals surface area (Å²) < 4.78 is 32.0. The Morgan fingerprint density at radius 3 is 2.40 bits per heavy atom. The van der Waals surface area contributed by atoms with Crippen LogP contribution in [0.5, 0.6) is 5.75 Å². The SMILES string of the molecule is CCOc1ccc2nc(N(CCN(CC)CC)C(=O)CCCS(=O)(=O)c3ccc(C)cc3)sc2c1. The van der Waals surface area contributed by atoms with Gasteiger partial charge in [-0.25, -0.2) is 13.4 Å². The number of hydrogen-bond acceptors (Lipinski definition) is 7. The van der Waals surface area contributed by atoms with Crippen LogP contribution in [0.2, 0.25) is 0 Å². The highest BCUT2D eigenvalue weighted by atomic mass is 32.2. The fourth-order valence-electron chi connectivity index (χ4n) is 3.78. The average Bonchev–Trinajstić information content (AvgIpc) is 3.25. The molecule has 0 aliphatic heterocycles. The Kier molecular flexibility index (Phi) is 9.65. The summed E-state index contributed by atoms with van der Waals surface area (Å²) in [5, 5.41) is 0.632. The molecule has 1 aromatic heterocycles. The van der Waals surface area contributed by atoms with E-state index in [1.165, 1.54) is 11.3 Å². The van der Waals surface area contributed by atoms with Gasteiger partial charge in [0, 0.05) is 19.5 Å². The third-order valence-electron chi connectivity index (χ3n) is 5.91. The van der Waals surface area contributed by atoms with Crippen molar-refractivity contribution in [3.63, 3.8) is 0 Å². The molecule has 0 saturated carbocycles. The van der Waals surface area contributed by atoms with Crippen molar-refractivity contribution in [1.82, 2.24) is 9.88 Å². The van der Waals surface area contributed by atoms with Crippen LogP contribution in [0.15, 0.2) is 47.4 Å². The number of nitrogens with zero attached hydrogens (tertiary/aromatic N) is 3. The Labute approximate surface area is 212 Å². The van der Waals surface area contributed by atoms with E-state index in [0.29, 0.717) is 23.2 Å². The van der Waals surface area contributed by atoms with Crippen LogP contribution in [0.3, 0.4) is 0 Å². The van der Waals surface area contributed by atoms with Crippen molar-refractivity contribution in [1.29, 1.82) is 0 Å². The number of benzene rings is 2. The van der Waals surface area contributed by atoms with Crippen LogP contribution in [0.25, 0.3) is 10.2 Å². The van der Waals surface area contributed by atoms with E-state index in [4.69, 9.17) is 9.72 Å². The van der Waals surface area contributed by atoms with Gasteiger partial charge in [0.1, 0.15) is 5.75 Å². The number of aryl methyl sites for hydroxylation is 1. The third kappa shape index (κ3) is 7.25. The fourth-order valence-corrected chi connectivity index (χ4v) is 6.13. The lowest BCUT2D eigenvalue weighted by atomic mass is 10.2. The molecule has 190 valence electrons. The molecule has 0 aliphatic carbocycles. The molecule has 0 bridgehead atoms. The third-order valence-corrected chi connectivity index (χ3v) is 8.77. The van der Waals surface area contributed by atoms with E-state index in [2.05, 4.69) is 18.7 Å². The van der Waals surface area contributed by atoms with Crippen molar-refractivity contribution in [3.8, 4) is 5.75 Å². The van der Waals surface area contributed by atoms with Crippen molar-refractivity contribution in [2.45, 2.75) is 45.4 Å². The van der Waals surface area contributed by atoms with Crippen LogP contribution in [0, 0.1) is 6.92 Å². The van der Waals surface area contributed by atoms with Gasteiger partial charge in [-0.2, -0.15) is 0 Å². The Hall–Kier alpha value is -2.49. The molecule has 3 aromatic rings. The quantitative estimate of drug-likeness (QED) is 0.320. The lowest BCUT2D eigenvalue weighted by Crippen LogP contribution is -2.38. The molecule has 0 unspecified atom stereocenters. The van der Waals surface area contributed by atoms with E-state index in [-0.39, 0.29) is 24.5 Å². The minimum atomic E-state index is -3.43. The highest BCUT2D eigenvalue weighted by Crippen LogP contribution is 2.32. The van der Waals surface area contributed by atoms with Gasteiger partial charge >= 0.3 is 0 Å². The Morgan fingerprint density at radius 1 is 1.03 bits per heavy atom. The molecule has 0 fully saturated rings. The first-order chi connectivity index (χ1) is 16.8. The second kappa shape index (κ2) is 12.5. The summed E-state index contributed by atoms with van der Waals surface area (Å²) in [4.78, 5) is 22.3. The number of rotatable bonds is 13. The highest BCUT2D eigenvalue weighted by Gasteiger charge is 2.22. The summed E-state index contributed by atoms with van der Waals surface area (Å²) in [6, 6.07) is 12.6. The number of carbonyl (C=O) groups is 1. The van der Waals surface area contributed by atoms with Gasteiger partial charge in [-0.15, -0.1) is 0 Å². The second-order valence-electron chi connectivity index (χ2n) is 8.37. The number of amides is 1. The number of likely N-dealkylation sites (N-methyl/N-ethyl adjacent to an activating group) is 1. The Bertz CT molecular complexity index is 1220. The van der Waals surface area contributed by atoms with Crippen molar-refractivity contribution in [2.75, 3.05) is 43.4 Å². The van der Waals surface area contributed by atoms with Gasteiger partial charge in [0.25, 0.3) is 0 Å². The molecule has 1 heterocycles. The Balaban J connectivity index is 1.75. The molecular formula is C26H35N3O4S2. The zero-order chi connectivity index (χ0) is 25.4. The van der Waals surface area contributed by atoms with Crippen LogP contribution in [0.4, 0.5) is 5.13 Å². The molecule has 35 heavy (non-hydrogen) atoms. The molecule has 0 aliphatic rings. The molecular weight excluding hydrogens is 482 g/mol. The zero-order valence-electron chi connectivity index (χ0n) is 21.0. The number of aromatic nitrogens is 1. The average molecular weight is 518 g/mol. The molecule has 1 amide bonds. The van der Waals surface area contributed by atoms with Crippen molar-refractivity contribution in [3.05, 3.63) is 48.0 Å². The van der Waals surface area contributed by atoms with Crippen LogP contribution in [-0.2, 0) is 14.6 Å². The van der Waals surface area contributed by atoms with Gasteiger partial charge in [-0.1, -0.05) is 42.9 Å². The summed E-state index contributed by atoms with van der Waals surface area (Å²) >= 11 is 1.46. The van der Waals surface area contributed by atoms with Crippen LogP contribution in [0.1, 0.15) is 39.2 Å². The van der Waals surface area contributed by atoms with Crippen molar-refractivity contribution >= 4 is 42.4 Å². The lowest BCUT2D eigenvalue weighted by Gasteiger charge is -2.24. The zero-order valence-corrected chi connectivity index (χ0v) is 22.6. The fraction of sp³-hybridized carbons (Fsp3) is 0.462. The summed E-state index contributed by atoms with van der Waals surface area (Å²) in [6.45, 7) is 11.6. The van der Waals surface area contributed by atoms with E-state index < -0.39 is 9.84 Å². The smallest absolute Gasteiger partial charge is 0.228 e.